The molecule has 1 heterocycles. The topological polar surface area (TPSA) is 101 Å². The lowest BCUT2D eigenvalue weighted by Crippen LogP contribution is -2.16. The third-order valence-corrected chi connectivity index (χ3v) is 2.68. The van der Waals surface area contributed by atoms with Gasteiger partial charge in [-0.25, -0.2) is 9.48 Å². The van der Waals surface area contributed by atoms with Crippen molar-refractivity contribution in [2.45, 2.75) is 19.4 Å². The minimum atomic E-state index is -0.499. The summed E-state index contributed by atoms with van der Waals surface area (Å²) in [5, 5.41) is 7.78. The Labute approximate surface area is 118 Å². The fourth-order valence-corrected chi connectivity index (χ4v) is 1.71. The summed E-state index contributed by atoms with van der Waals surface area (Å²) in [4.78, 5) is 11.5. The fraction of sp³-hybridized carbons (Fsp3) is 0.750. The van der Waals surface area contributed by atoms with E-state index in [-0.39, 0.29) is 5.69 Å². The molecule has 0 saturated heterocycles. The van der Waals surface area contributed by atoms with Gasteiger partial charge in [0, 0.05) is 26.7 Å². The van der Waals surface area contributed by atoms with Crippen LogP contribution in [-0.2, 0) is 27.2 Å². The first-order valence-corrected chi connectivity index (χ1v) is 6.52. The van der Waals surface area contributed by atoms with Gasteiger partial charge in [-0.2, -0.15) is 0 Å². The highest BCUT2D eigenvalue weighted by molar-refractivity contribution is 5.88. The Kier molecular flexibility index (Phi) is 7.78. The van der Waals surface area contributed by atoms with Crippen molar-refractivity contribution in [2.24, 2.45) is 5.73 Å². The maximum absolute atomic E-state index is 11.5. The predicted molar refractivity (Wildman–Crippen MR) is 71.4 cm³/mol. The van der Waals surface area contributed by atoms with Gasteiger partial charge < -0.3 is 19.9 Å². The third kappa shape index (κ3) is 4.87. The predicted octanol–water partition coefficient (Wildman–Crippen LogP) is -0.381. The van der Waals surface area contributed by atoms with E-state index < -0.39 is 5.97 Å². The van der Waals surface area contributed by atoms with Crippen molar-refractivity contribution in [3.05, 3.63) is 11.4 Å². The fourth-order valence-electron chi connectivity index (χ4n) is 1.71. The van der Waals surface area contributed by atoms with E-state index in [0.717, 1.165) is 6.42 Å². The molecule has 1 aromatic heterocycles. The standard InChI is InChI=1S/C12H22N4O4/c1-18-7-3-8-20-9-6-16-10(4-5-13)11(14-15-16)12(17)19-2/h3-9,13H2,1-2H3. The van der Waals surface area contributed by atoms with Gasteiger partial charge in [-0.15, -0.1) is 5.10 Å². The molecule has 20 heavy (non-hydrogen) atoms. The number of ether oxygens (including phenoxy) is 3. The number of nitrogens with two attached hydrogens (primary N) is 1. The summed E-state index contributed by atoms with van der Waals surface area (Å²) in [7, 11) is 2.97. The molecule has 0 spiro atoms. The minimum Gasteiger partial charge on any atom is -0.464 e. The summed E-state index contributed by atoms with van der Waals surface area (Å²) in [5.74, 6) is -0.499. The first-order chi connectivity index (χ1) is 9.74. The summed E-state index contributed by atoms with van der Waals surface area (Å²) in [5.41, 5.74) is 6.44. The van der Waals surface area contributed by atoms with Gasteiger partial charge in [0.05, 0.1) is 26.0 Å². The number of rotatable bonds is 10. The molecule has 0 fully saturated rings. The minimum absolute atomic E-state index is 0.220. The Morgan fingerprint density at radius 2 is 2.10 bits per heavy atom. The highest BCUT2D eigenvalue weighted by atomic mass is 16.5. The Hall–Kier alpha value is -1.51. The van der Waals surface area contributed by atoms with E-state index in [1.165, 1.54) is 7.11 Å². The molecule has 8 heteroatoms. The number of hydrogen-bond acceptors (Lipinski definition) is 7. The smallest absolute Gasteiger partial charge is 0.360 e. The van der Waals surface area contributed by atoms with Crippen LogP contribution in [0.3, 0.4) is 0 Å². The van der Waals surface area contributed by atoms with Gasteiger partial charge >= 0.3 is 5.97 Å². The maximum Gasteiger partial charge on any atom is 0.360 e. The Morgan fingerprint density at radius 3 is 2.75 bits per heavy atom. The van der Waals surface area contributed by atoms with Crippen molar-refractivity contribution in [1.29, 1.82) is 0 Å². The lowest BCUT2D eigenvalue weighted by molar-refractivity contribution is 0.0592. The second-order valence-corrected chi connectivity index (χ2v) is 4.10. The number of hydrogen-bond donors (Lipinski definition) is 1. The van der Waals surface area contributed by atoms with E-state index in [1.807, 2.05) is 0 Å². The van der Waals surface area contributed by atoms with Crippen LogP contribution in [0.2, 0.25) is 0 Å². The number of carbonyl (C=O) groups is 1. The molecular weight excluding hydrogens is 264 g/mol. The van der Waals surface area contributed by atoms with Crippen molar-refractivity contribution in [1.82, 2.24) is 15.0 Å². The molecule has 2 N–H and O–H groups in total. The third-order valence-electron chi connectivity index (χ3n) is 2.68. The molecule has 0 aliphatic heterocycles. The number of aromatic nitrogens is 3. The molecule has 8 nitrogen and oxygen atoms in total. The molecule has 114 valence electrons. The van der Waals surface area contributed by atoms with E-state index in [4.69, 9.17) is 15.2 Å². The maximum atomic E-state index is 11.5. The van der Waals surface area contributed by atoms with Gasteiger partial charge in [0.15, 0.2) is 5.69 Å². The van der Waals surface area contributed by atoms with Crippen molar-refractivity contribution in [3.63, 3.8) is 0 Å². The summed E-state index contributed by atoms with van der Waals surface area (Å²) in [6, 6.07) is 0. The second-order valence-electron chi connectivity index (χ2n) is 4.10. The summed E-state index contributed by atoms with van der Waals surface area (Å²) >= 11 is 0. The van der Waals surface area contributed by atoms with Gasteiger partial charge in [-0.1, -0.05) is 5.21 Å². The van der Waals surface area contributed by atoms with E-state index in [0.29, 0.717) is 45.0 Å². The lowest BCUT2D eigenvalue weighted by Gasteiger charge is -2.07. The monoisotopic (exact) mass is 286 g/mol. The van der Waals surface area contributed by atoms with E-state index in [9.17, 15) is 4.79 Å². The Bertz CT molecular complexity index is 408. The van der Waals surface area contributed by atoms with Crippen LogP contribution in [0.15, 0.2) is 0 Å². The van der Waals surface area contributed by atoms with Crippen LogP contribution in [0.5, 0.6) is 0 Å². The van der Waals surface area contributed by atoms with Crippen molar-refractivity contribution in [3.8, 4) is 0 Å². The second kappa shape index (κ2) is 9.40. The van der Waals surface area contributed by atoms with Crippen LogP contribution in [0, 0.1) is 0 Å². The van der Waals surface area contributed by atoms with Crippen molar-refractivity contribution < 1.29 is 19.0 Å². The van der Waals surface area contributed by atoms with Crippen molar-refractivity contribution in [2.75, 3.05) is 40.6 Å². The molecule has 0 bridgehead atoms. The average Bonchev–Trinajstić information content (AvgIpc) is 2.85. The molecule has 0 unspecified atom stereocenters. The first-order valence-electron chi connectivity index (χ1n) is 6.52. The van der Waals surface area contributed by atoms with Crippen LogP contribution in [0.25, 0.3) is 0 Å². The van der Waals surface area contributed by atoms with Crippen LogP contribution < -0.4 is 5.73 Å². The molecule has 0 saturated carbocycles. The van der Waals surface area contributed by atoms with Gasteiger partial charge in [-0.05, 0) is 13.0 Å². The number of methoxy groups -OCH3 is 2. The largest absolute Gasteiger partial charge is 0.464 e. The number of carbonyl (C=O) groups excluding carboxylic acids is 1. The van der Waals surface area contributed by atoms with Gasteiger partial charge in [0.1, 0.15) is 0 Å². The molecule has 0 atom stereocenters. The Balaban J connectivity index is 2.52. The lowest BCUT2D eigenvalue weighted by atomic mass is 10.2. The Morgan fingerprint density at radius 1 is 1.30 bits per heavy atom. The molecule has 0 aliphatic rings. The molecule has 1 aromatic rings. The first kappa shape index (κ1) is 16.5. The van der Waals surface area contributed by atoms with E-state index in [1.54, 1.807) is 11.8 Å². The zero-order valence-electron chi connectivity index (χ0n) is 12.0. The quantitative estimate of drug-likeness (QED) is 0.462. The molecule has 0 aromatic carbocycles. The molecule has 1 rings (SSSR count). The zero-order chi connectivity index (χ0) is 14.8. The van der Waals surface area contributed by atoms with Crippen LogP contribution >= 0.6 is 0 Å². The summed E-state index contributed by atoms with van der Waals surface area (Å²) < 4.78 is 16.7. The normalized spacial score (nSPS) is 10.8. The average molecular weight is 286 g/mol. The van der Waals surface area contributed by atoms with E-state index in [2.05, 4.69) is 15.0 Å². The zero-order valence-corrected chi connectivity index (χ0v) is 12.0. The van der Waals surface area contributed by atoms with Crippen LogP contribution in [0.4, 0.5) is 0 Å². The van der Waals surface area contributed by atoms with Gasteiger partial charge in [0.25, 0.3) is 0 Å². The SMILES string of the molecule is COCCCOCCn1nnc(C(=O)OC)c1CCN. The highest BCUT2D eigenvalue weighted by Crippen LogP contribution is 2.07. The summed E-state index contributed by atoms with van der Waals surface area (Å²) in [6.07, 6.45) is 1.36. The van der Waals surface area contributed by atoms with Crippen molar-refractivity contribution >= 4 is 5.97 Å². The molecular formula is C12H22N4O4. The summed E-state index contributed by atoms with van der Waals surface area (Å²) in [6.45, 7) is 2.72. The van der Waals surface area contributed by atoms with Gasteiger partial charge in [-0.3, -0.25) is 0 Å². The molecule has 0 radical (unpaired) electrons. The number of esters is 1. The van der Waals surface area contributed by atoms with Crippen LogP contribution in [-0.4, -0.2) is 61.5 Å². The van der Waals surface area contributed by atoms with Crippen LogP contribution in [0.1, 0.15) is 22.6 Å². The van der Waals surface area contributed by atoms with Gasteiger partial charge in [0.2, 0.25) is 0 Å². The highest BCUT2D eigenvalue weighted by Gasteiger charge is 2.19. The molecule has 0 amide bonds. The van der Waals surface area contributed by atoms with E-state index >= 15 is 0 Å². The number of nitrogens with zero attached hydrogens (tertiary/aromatic N) is 3. The molecule has 0 aliphatic carbocycles.